The van der Waals surface area contributed by atoms with Crippen molar-refractivity contribution in [2.75, 3.05) is 39.8 Å². The number of carbonyl (C=O) groups is 1. The van der Waals surface area contributed by atoms with Crippen molar-refractivity contribution < 1.29 is 9.32 Å². The number of carbonyl (C=O) groups excluding carboxylic acids is 1. The summed E-state index contributed by atoms with van der Waals surface area (Å²) in [6, 6.07) is 0. The topological polar surface area (TPSA) is 52.8 Å². The number of rotatable bonds is 4. The van der Waals surface area contributed by atoms with Crippen LogP contribution in [-0.4, -0.2) is 71.1 Å². The van der Waals surface area contributed by atoms with E-state index in [1.807, 2.05) is 13.8 Å². The Morgan fingerprint density at radius 2 is 1.88 bits per heavy atom. The van der Waals surface area contributed by atoms with Crippen molar-refractivity contribution in [3.63, 3.8) is 0 Å². The van der Waals surface area contributed by atoms with Gasteiger partial charge in [0.2, 0.25) is 5.91 Å². The van der Waals surface area contributed by atoms with Gasteiger partial charge in [0.05, 0.1) is 5.69 Å². The number of piperidine rings is 1. The van der Waals surface area contributed by atoms with Gasteiger partial charge >= 0.3 is 0 Å². The number of aryl methyl sites for hydroxylation is 2. The van der Waals surface area contributed by atoms with E-state index in [1.165, 1.54) is 18.4 Å². The lowest BCUT2D eigenvalue weighted by Crippen LogP contribution is -2.67. The molecule has 1 spiro atoms. The quantitative estimate of drug-likeness (QED) is 0.832. The molecule has 6 heteroatoms. The van der Waals surface area contributed by atoms with Crippen LogP contribution < -0.4 is 0 Å². The zero-order chi connectivity index (χ0) is 17.6. The second kappa shape index (κ2) is 6.40. The lowest BCUT2D eigenvalue weighted by molar-refractivity contribution is -0.154. The molecule has 2 aliphatic heterocycles. The van der Waals surface area contributed by atoms with Crippen molar-refractivity contribution in [1.82, 2.24) is 19.9 Å². The molecular weight excluding hydrogens is 316 g/mol. The number of piperazine rings is 1. The first-order valence-corrected chi connectivity index (χ1v) is 9.64. The van der Waals surface area contributed by atoms with Gasteiger partial charge in [0.15, 0.2) is 0 Å². The third kappa shape index (κ3) is 3.10. The lowest BCUT2D eigenvalue weighted by Gasteiger charge is -2.51. The molecule has 2 saturated heterocycles. The number of likely N-dealkylation sites (N-methyl/N-ethyl adjacent to an activating group) is 1. The molecule has 0 atom stereocenters. The number of hydrogen-bond donors (Lipinski definition) is 0. The van der Waals surface area contributed by atoms with Crippen LogP contribution in [-0.2, 0) is 11.3 Å². The van der Waals surface area contributed by atoms with Crippen molar-refractivity contribution >= 4 is 5.91 Å². The Morgan fingerprint density at radius 3 is 2.48 bits per heavy atom. The minimum absolute atomic E-state index is 0.275. The number of nitrogens with zero attached hydrogens (tertiary/aromatic N) is 4. The fourth-order valence-electron chi connectivity index (χ4n) is 4.46. The van der Waals surface area contributed by atoms with Gasteiger partial charge in [0, 0.05) is 44.8 Å². The highest BCUT2D eigenvalue weighted by Crippen LogP contribution is 2.36. The largest absolute Gasteiger partial charge is 0.361 e. The Bertz CT molecular complexity index is 624. The monoisotopic (exact) mass is 346 g/mol. The summed E-state index contributed by atoms with van der Waals surface area (Å²) in [4.78, 5) is 20.2. The number of hydrogen-bond acceptors (Lipinski definition) is 5. The van der Waals surface area contributed by atoms with Gasteiger partial charge in [-0.3, -0.25) is 14.6 Å². The smallest absolute Gasteiger partial charge is 0.243 e. The maximum absolute atomic E-state index is 13.2. The summed E-state index contributed by atoms with van der Waals surface area (Å²) in [5.41, 5.74) is 1.91. The van der Waals surface area contributed by atoms with Crippen LogP contribution >= 0.6 is 0 Å². The van der Waals surface area contributed by atoms with Gasteiger partial charge in [-0.25, -0.2) is 0 Å². The zero-order valence-electron chi connectivity index (χ0n) is 15.8. The molecule has 138 valence electrons. The molecule has 0 aromatic carbocycles. The van der Waals surface area contributed by atoms with Crippen molar-refractivity contribution in [1.29, 1.82) is 0 Å². The van der Waals surface area contributed by atoms with Gasteiger partial charge in [-0.2, -0.15) is 0 Å². The van der Waals surface area contributed by atoms with E-state index in [0.717, 1.165) is 69.5 Å². The second-order valence-corrected chi connectivity index (χ2v) is 8.23. The average Bonchev–Trinajstić information content (AvgIpc) is 3.38. The van der Waals surface area contributed by atoms with Crippen LogP contribution in [0.4, 0.5) is 0 Å². The summed E-state index contributed by atoms with van der Waals surface area (Å²) < 4.78 is 5.29. The maximum Gasteiger partial charge on any atom is 0.243 e. The summed E-state index contributed by atoms with van der Waals surface area (Å²) in [7, 11) is 2.14. The van der Waals surface area contributed by atoms with Crippen LogP contribution in [0.15, 0.2) is 4.52 Å². The Labute approximate surface area is 150 Å². The van der Waals surface area contributed by atoms with Crippen LogP contribution in [0.25, 0.3) is 0 Å². The molecule has 4 rings (SSSR count). The molecule has 0 unspecified atom stereocenters. The van der Waals surface area contributed by atoms with E-state index in [2.05, 4.69) is 26.9 Å². The highest BCUT2D eigenvalue weighted by Gasteiger charge is 2.49. The molecule has 0 N–H and O–H groups in total. The van der Waals surface area contributed by atoms with E-state index in [9.17, 15) is 4.79 Å². The Morgan fingerprint density at radius 1 is 1.16 bits per heavy atom. The van der Waals surface area contributed by atoms with E-state index in [4.69, 9.17) is 4.52 Å². The summed E-state index contributed by atoms with van der Waals surface area (Å²) in [6.45, 7) is 9.66. The Balaban J connectivity index is 1.42. The van der Waals surface area contributed by atoms with Gasteiger partial charge in [-0.15, -0.1) is 0 Å². The molecule has 1 aliphatic carbocycles. The molecular formula is C19H30N4O2. The standard InChI is InChI=1S/C19H30N4O2/c1-14-17(15(2)25-20-14)13-22-8-6-19(7-9-22)18(24)23(11-10-21(19)3)12-16-4-5-16/h16H,4-13H2,1-3H3. The highest BCUT2D eigenvalue weighted by molar-refractivity contribution is 5.87. The van der Waals surface area contributed by atoms with E-state index in [-0.39, 0.29) is 5.54 Å². The molecule has 0 bridgehead atoms. The van der Waals surface area contributed by atoms with Crippen LogP contribution in [0.2, 0.25) is 0 Å². The van der Waals surface area contributed by atoms with Gasteiger partial charge in [0.1, 0.15) is 11.3 Å². The van der Waals surface area contributed by atoms with E-state index in [1.54, 1.807) is 0 Å². The van der Waals surface area contributed by atoms with Crippen LogP contribution in [0.1, 0.15) is 42.7 Å². The summed E-state index contributed by atoms with van der Waals surface area (Å²) in [5.74, 6) is 2.06. The molecule has 1 saturated carbocycles. The molecule has 1 amide bonds. The van der Waals surface area contributed by atoms with Crippen LogP contribution in [0.5, 0.6) is 0 Å². The van der Waals surface area contributed by atoms with Crippen molar-refractivity contribution in [2.24, 2.45) is 5.92 Å². The van der Waals surface area contributed by atoms with Gasteiger partial charge < -0.3 is 9.42 Å². The Hall–Kier alpha value is -1.40. The minimum atomic E-state index is -0.275. The fourth-order valence-corrected chi connectivity index (χ4v) is 4.46. The van der Waals surface area contributed by atoms with Crippen molar-refractivity contribution in [3.05, 3.63) is 17.0 Å². The number of amides is 1. The zero-order valence-corrected chi connectivity index (χ0v) is 15.8. The van der Waals surface area contributed by atoms with Gasteiger partial charge in [-0.05, 0) is 52.5 Å². The first-order chi connectivity index (χ1) is 12.0. The molecule has 0 radical (unpaired) electrons. The Kier molecular flexibility index (Phi) is 4.36. The van der Waals surface area contributed by atoms with E-state index in [0.29, 0.717) is 5.91 Å². The van der Waals surface area contributed by atoms with Crippen LogP contribution in [0.3, 0.4) is 0 Å². The molecule has 1 aromatic rings. The molecule has 25 heavy (non-hydrogen) atoms. The number of likely N-dealkylation sites (tertiary alicyclic amines) is 1. The van der Waals surface area contributed by atoms with E-state index >= 15 is 0 Å². The first kappa shape index (κ1) is 17.0. The van der Waals surface area contributed by atoms with E-state index < -0.39 is 0 Å². The lowest BCUT2D eigenvalue weighted by atomic mass is 9.82. The van der Waals surface area contributed by atoms with Gasteiger partial charge in [0.25, 0.3) is 0 Å². The predicted molar refractivity (Wildman–Crippen MR) is 95.2 cm³/mol. The molecule has 1 aromatic heterocycles. The maximum atomic E-state index is 13.2. The normalized spacial score (nSPS) is 25.1. The summed E-state index contributed by atoms with van der Waals surface area (Å²) >= 11 is 0. The highest BCUT2D eigenvalue weighted by atomic mass is 16.5. The van der Waals surface area contributed by atoms with Crippen LogP contribution in [0, 0.1) is 19.8 Å². The SMILES string of the molecule is Cc1noc(C)c1CN1CCC2(CC1)C(=O)N(CC1CC1)CCN2C. The summed E-state index contributed by atoms with van der Waals surface area (Å²) in [6.07, 6.45) is 4.45. The second-order valence-electron chi connectivity index (χ2n) is 8.23. The van der Waals surface area contributed by atoms with Gasteiger partial charge in [-0.1, -0.05) is 5.16 Å². The fraction of sp³-hybridized carbons (Fsp3) is 0.789. The summed E-state index contributed by atoms with van der Waals surface area (Å²) in [5, 5.41) is 4.06. The van der Waals surface area contributed by atoms with Crippen molar-refractivity contribution in [2.45, 2.75) is 51.6 Å². The molecule has 6 nitrogen and oxygen atoms in total. The third-order valence-electron chi connectivity index (χ3n) is 6.54. The minimum Gasteiger partial charge on any atom is -0.361 e. The molecule has 3 fully saturated rings. The average molecular weight is 346 g/mol. The number of aromatic nitrogens is 1. The molecule has 3 aliphatic rings. The first-order valence-electron chi connectivity index (χ1n) is 9.64. The third-order valence-corrected chi connectivity index (χ3v) is 6.54. The molecule has 3 heterocycles. The predicted octanol–water partition coefficient (Wildman–Crippen LogP) is 1.81. The van der Waals surface area contributed by atoms with Crippen molar-refractivity contribution in [3.8, 4) is 0 Å².